The molecular weight excluding hydrogens is 322 g/mol. The van der Waals surface area contributed by atoms with Gasteiger partial charge in [0, 0.05) is 11.8 Å². The average molecular weight is 352 g/mol. The average Bonchev–Trinajstić information content (AvgIpc) is 2.57. The largest absolute Gasteiger partial charge is 0.497 e. The third-order valence-electron chi connectivity index (χ3n) is 4.26. The molecule has 1 fully saturated rings. The van der Waals surface area contributed by atoms with Crippen molar-refractivity contribution in [1.29, 1.82) is 0 Å². The van der Waals surface area contributed by atoms with Gasteiger partial charge < -0.3 is 14.8 Å². The highest BCUT2D eigenvalue weighted by molar-refractivity contribution is 7.99. The molecule has 1 aliphatic rings. The molecule has 0 bridgehead atoms. The number of nitrogens with one attached hydrogen (secondary N) is 1. The lowest BCUT2D eigenvalue weighted by atomic mass is 9.97. The molecule has 0 heterocycles. The predicted octanol–water partition coefficient (Wildman–Crippen LogP) is 4.04. The number of carbonyl (C=O) groups excluding carboxylic acids is 1. The first-order valence-corrected chi connectivity index (χ1v) is 10.1. The lowest BCUT2D eigenvalue weighted by Gasteiger charge is -2.20. The third kappa shape index (κ3) is 7.47. The highest BCUT2D eigenvalue weighted by Gasteiger charge is 2.13. The quantitative estimate of drug-likeness (QED) is 0.718. The Morgan fingerprint density at radius 3 is 2.38 bits per heavy atom. The molecule has 0 radical (unpaired) electrons. The highest BCUT2D eigenvalue weighted by atomic mass is 32.2. The fourth-order valence-electron chi connectivity index (χ4n) is 2.93. The van der Waals surface area contributed by atoms with E-state index in [-0.39, 0.29) is 5.91 Å². The topological polar surface area (TPSA) is 47.6 Å². The van der Waals surface area contributed by atoms with Crippen LogP contribution in [0.25, 0.3) is 0 Å². The van der Waals surface area contributed by atoms with E-state index in [0.29, 0.717) is 18.4 Å². The van der Waals surface area contributed by atoms with E-state index >= 15 is 0 Å². The molecule has 1 saturated carbocycles. The van der Waals surface area contributed by atoms with Crippen molar-refractivity contribution in [3.8, 4) is 11.5 Å². The van der Waals surface area contributed by atoms with E-state index in [1.807, 2.05) is 24.3 Å². The van der Waals surface area contributed by atoms with E-state index in [0.717, 1.165) is 30.1 Å². The summed E-state index contributed by atoms with van der Waals surface area (Å²) in [5.41, 5.74) is 0. The molecule has 1 aromatic carbocycles. The molecule has 1 N–H and O–H groups in total. The number of thioether (sulfide) groups is 1. The molecule has 134 valence electrons. The second kappa shape index (κ2) is 11.2. The van der Waals surface area contributed by atoms with Gasteiger partial charge in [-0.2, -0.15) is 0 Å². The van der Waals surface area contributed by atoms with Crippen molar-refractivity contribution in [3.05, 3.63) is 24.3 Å². The molecule has 0 saturated heterocycles. The minimum atomic E-state index is 0.162. The van der Waals surface area contributed by atoms with E-state index < -0.39 is 0 Å². The van der Waals surface area contributed by atoms with Crippen LogP contribution in [0.15, 0.2) is 24.3 Å². The van der Waals surface area contributed by atoms with E-state index in [2.05, 4.69) is 5.32 Å². The van der Waals surface area contributed by atoms with E-state index in [1.165, 1.54) is 32.1 Å². The second-order valence-corrected chi connectivity index (χ2v) is 7.29. The van der Waals surface area contributed by atoms with Crippen molar-refractivity contribution in [3.63, 3.8) is 0 Å². The SMILES string of the molecule is COc1ccc(OCCSCC(=O)NC2CCCCCCC2)cc1. The molecule has 1 amide bonds. The smallest absolute Gasteiger partial charge is 0.230 e. The minimum absolute atomic E-state index is 0.162. The number of methoxy groups -OCH3 is 1. The number of hydrogen-bond acceptors (Lipinski definition) is 4. The zero-order valence-corrected chi connectivity index (χ0v) is 15.4. The molecule has 5 heteroatoms. The molecule has 0 aromatic heterocycles. The van der Waals surface area contributed by atoms with Gasteiger partial charge in [0.1, 0.15) is 11.5 Å². The summed E-state index contributed by atoms with van der Waals surface area (Å²) in [7, 11) is 1.65. The van der Waals surface area contributed by atoms with E-state index in [4.69, 9.17) is 9.47 Å². The summed E-state index contributed by atoms with van der Waals surface area (Å²) in [5, 5.41) is 3.19. The maximum Gasteiger partial charge on any atom is 0.230 e. The summed E-state index contributed by atoms with van der Waals surface area (Å²) >= 11 is 1.62. The van der Waals surface area contributed by atoms with Crippen molar-refractivity contribution in [2.75, 3.05) is 25.2 Å². The second-order valence-electron chi connectivity index (χ2n) is 6.19. The van der Waals surface area contributed by atoms with Gasteiger partial charge in [-0.25, -0.2) is 0 Å². The minimum Gasteiger partial charge on any atom is -0.497 e. The van der Waals surface area contributed by atoms with Crippen molar-refractivity contribution in [2.24, 2.45) is 0 Å². The number of hydrogen-bond donors (Lipinski definition) is 1. The molecule has 1 aliphatic carbocycles. The predicted molar refractivity (Wildman–Crippen MR) is 100 cm³/mol. The van der Waals surface area contributed by atoms with Crippen LogP contribution in [0.2, 0.25) is 0 Å². The number of rotatable bonds is 8. The highest BCUT2D eigenvalue weighted by Crippen LogP contribution is 2.18. The normalized spacial score (nSPS) is 16.0. The lowest BCUT2D eigenvalue weighted by molar-refractivity contribution is -0.119. The Morgan fingerprint density at radius 2 is 1.71 bits per heavy atom. The number of amides is 1. The summed E-state index contributed by atoms with van der Waals surface area (Å²) in [5.74, 6) is 3.14. The molecule has 0 atom stereocenters. The van der Waals surface area contributed by atoms with Crippen LogP contribution in [0, 0.1) is 0 Å². The lowest BCUT2D eigenvalue weighted by Crippen LogP contribution is -2.36. The molecule has 24 heavy (non-hydrogen) atoms. The standard InChI is InChI=1S/C19H29NO3S/c1-22-17-9-11-18(12-10-17)23-13-14-24-15-19(21)20-16-7-5-3-2-4-6-8-16/h9-12,16H,2-8,13-15H2,1H3,(H,20,21). The van der Waals surface area contributed by atoms with Crippen LogP contribution in [0.3, 0.4) is 0 Å². The molecule has 1 aromatic rings. The molecule has 0 unspecified atom stereocenters. The maximum atomic E-state index is 12.0. The van der Waals surface area contributed by atoms with Crippen LogP contribution in [0.1, 0.15) is 44.9 Å². The van der Waals surface area contributed by atoms with Gasteiger partial charge in [-0.15, -0.1) is 11.8 Å². The summed E-state index contributed by atoms with van der Waals surface area (Å²) in [6.45, 7) is 0.605. The van der Waals surface area contributed by atoms with Crippen molar-refractivity contribution < 1.29 is 14.3 Å². The number of carbonyl (C=O) groups is 1. The zero-order valence-electron chi connectivity index (χ0n) is 14.6. The first-order valence-electron chi connectivity index (χ1n) is 8.92. The fraction of sp³-hybridized carbons (Fsp3) is 0.632. The molecule has 4 nitrogen and oxygen atoms in total. The van der Waals surface area contributed by atoms with Crippen LogP contribution in [-0.2, 0) is 4.79 Å². The molecule has 0 spiro atoms. The van der Waals surface area contributed by atoms with Crippen LogP contribution >= 0.6 is 11.8 Å². The maximum absolute atomic E-state index is 12.0. The zero-order chi connectivity index (χ0) is 17.0. The summed E-state index contributed by atoms with van der Waals surface area (Å²) in [6, 6.07) is 7.93. The van der Waals surface area contributed by atoms with Gasteiger partial charge in [0.15, 0.2) is 0 Å². The fourth-order valence-corrected chi connectivity index (χ4v) is 3.54. The Morgan fingerprint density at radius 1 is 1.08 bits per heavy atom. The Bertz CT molecular complexity index is 470. The van der Waals surface area contributed by atoms with Crippen molar-refractivity contribution in [2.45, 2.75) is 51.0 Å². The monoisotopic (exact) mass is 351 g/mol. The van der Waals surface area contributed by atoms with Gasteiger partial charge >= 0.3 is 0 Å². The van der Waals surface area contributed by atoms with Crippen LogP contribution in [-0.4, -0.2) is 37.2 Å². The van der Waals surface area contributed by atoms with Gasteiger partial charge in [0.05, 0.1) is 19.5 Å². The van der Waals surface area contributed by atoms with Gasteiger partial charge in [0.25, 0.3) is 0 Å². The molecular formula is C19H29NO3S. The summed E-state index contributed by atoms with van der Waals surface area (Å²) in [6.07, 6.45) is 8.73. The van der Waals surface area contributed by atoms with E-state index in [9.17, 15) is 4.79 Å². The Balaban J connectivity index is 1.55. The molecule has 2 rings (SSSR count). The number of ether oxygens (including phenoxy) is 2. The molecule has 0 aliphatic heterocycles. The number of benzene rings is 1. The van der Waals surface area contributed by atoms with Crippen molar-refractivity contribution >= 4 is 17.7 Å². The summed E-state index contributed by atoms with van der Waals surface area (Å²) in [4.78, 5) is 12.0. The Hall–Kier alpha value is -1.36. The summed E-state index contributed by atoms with van der Waals surface area (Å²) < 4.78 is 10.8. The van der Waals surface area contributed by atoms with E-state index in [1.54, 1.807) is 18.9 Å². The van der Waals surface area contributed by atoms with Gasteiger partial charge in [0.2, 0.25) is 5.91 Å². The van der Waals surface area contributed by atoms with Crippen LogP contribution in [0.5, 0.6) is 11.5 Å². The van der Waals surface area contributed by atoms with Gasteiger partial charge in [-0.1, -0.05) is 32.1 Å². The van der Waals surface area contributed by atoms with Crippen LogP contribution < -0.4 is 14.8 Å². The Kier molecular flexibility index (Phi) is 8.88. The van der Waals surface area contributed by atoms with Crippen molar-refractivity contribution in [1.82, 2.24) is 5.32 Å². The Labute approximate surface area is 149 Å². The first kappa shape index (κ1) is 19.0. The van der Waals surface area contributed by atoms with Crippen LogP contribution in [0.4, 0.5) is 0 Å². The van der Waals surface area contributed by atoms with Gasteiger partial charge in [-0.05, 0) is 37.1 Å². The van der Waals surface area contributed by atoms with Gasteiger partial charge in [-0.3, -0.25) is 4.79 Å². The third-order valence-corrected chi connectivity index (χ3v) is 5.18. The first-order chi connectivity index (χ1) is 11.8.